The fourth-order valence-corrected chi connectivity index (χ4v) is 6.00. The van der Waals surface area contributed by atoms with Crippen molar-refractivity contribution in [3.8, 4) is 0 Å². The number of carbonyl (C=O) groups is 1. The summed E-state index contributed by atoms with van der Waals surface area (Å²) in [5.74, 6) is 1.27. The maximum atomic E-state index is 12.6. The van der Waals surface area contributed by atoms with Gasteiger partial charge >= 0.3 is 0 Å². The Labute approximate surface area is 182 Å². The summed E-state index contributed by atoms with van der Waals surface area (Å²) < 4.78 is 23.1. The summed E-state index contributed by atoms with van der Waals surface area (Å²) in [4.78, 5) is 22.5. The molecule has 4 heterocycles. The maximum absolute atomic E-state index is 12.6. The van der Waals surface area contributed by atoms with Crippen LogP contribution in [0.15, 0.2) is 35.8 Å². The predicted molar refractivity (Wildman–Crippen MR) is 120 cm³/mol. The predicted octanol–water partition coefficient (Wildman–Crippen LogP) is 2.34. The van der Waals surface area contributed by atoms with Gasteiger partial charge in [0, 0.05) is 43.8 Å². The highest BCUT2D eigenvalue weighted by atomic mass is 32.2. The minimum atomic E-state index is -3.00. The second-order valence-electron chi connectivity index (χ2n) is 8.08. The van der Waals surface area contributed by atoms with Crippen LogP contribution in [0.5, 0.6) is 0 Å². The first kappa shape index (κ1) is 21.3. The Bertz CT molecular complexity index is 931. The Morgan fingerprint density at radius 1 is 1.20 bits per heavy atom. The van der Waals surface area contributed by atoms with Gasteiger partial charge in [-0.3, -0.25) is 9.69 Å². The Morgan fingerprint density at radius 3 is 2.73 bits per heavy atom. The zero-order valence-corrected chi connectivity index (χ0v) is 18.6. The van der Waals surface area contributed by atoms with Crippen molar-refractivity contribution in [3.05, 3.63) is 46.3 Å². The molecular formula is C21H28N4O3S2. The number of hydrogen-bond donors (Lipinski definition) is 1. The lowest BCUT2D eigenvalue weighted by molar-refractivity contribution is 0.0770. The monoisotopic (exact) mass is 448 g/mol. The van der Waals surface area contributed by atoms with Gasteiger partial charge in [-0.15, -0.1) is 11.3 Å². The van der Waals surface area contributed by atoms with Gasteiger partial charge in [-0.1, -0.05) is 6.07 Å². The van der Waals surface area contributed by atoms with Crippen LogP contribution in [0.25, 0.3) is 0 Å². The molecule has 7 nitrogen and oxygen atoms in total. The molecule has 30 heavy (non-hydrogen) atoms. The number of amides is 1. The van der Waals surface area contributed by atoms with Crippen LogP contribution in [-0.4, -0.2) is 73.3 Å². The van der Waals surface area contributed by atoms with Crippen LogP contribution in [0, 0.1) is 5.92 Å². The number of nitrogens with one attached hydrogen (secondary N) is 1. The smallest absolute Gasteiger partial charge is 0.255 e. The quantitative estimate of drug-likeness (QED) is 0.730. The molecule has 9 heteroatoms. The number of sulfone groups is 1. The molecule has 162 valence electrons. The number of nitrogens with zero attached hydrogens (tertiary/aromatic N) is 3. The topological polar surface area (TPSA) is 82.6 Å². The molecule has 0 spiro atoms. The van der Waals surface area contributed by atoms with E-state index in [2.05, 4.69) is 32.7 Å². The Morgan fingerprint density at radius 2 is 2.03 bits per heavy atom. The number of carbonyl (C=O) groups excluding carboxylic acids is 1. The number of rotatable bonds is 6. The molecule has 2 aromatic rings. The molecule has 0 radical (unpaired) electrons. The summed E-state index contributed by atoms with van der Waals surface area (Å²) in [7, 11) is -3.00. The highest BCUT2D eigenvalue weighted by molar-refractivity contribution is 7.91. The summed E-state index contributed by atoms with van der Waals surface area (Å²) in [6.45, 7) is 4.64. The van der Waals surface area contributed by atoms with Gasteiger partial charge < -0.3 is 10.2 Å². The van der Waals surface area contributed by atoms with E-state index in [1.165, 1.54) is 17.7 Å². The minimum Gasteiger partial charge on any atom is -0.370 e. The van der Waals surface area contributed by atoms with E-state index >= 15 is 0 Å². The van der Waals surface area contributed by atoms with E-state index in [4.69, 9.17) is 0 Å². The number of likely N-dealkylation sites (tertiary alicyclic amines) is 1. The zero-order chi connectivity index (χ0) is 21.0. The molecular weight excluding hydrogens is 420 g/mol. The molecule has 2 fully saturated rings. The first-order chi connectivity index (χ1) is 14.5. The molecule has 4 rings (SSSR count). The highest BCUT2D eigenvalue weighted by Gasteiger charge is 2.26. The number of thiophene rings is 1. The Hall–Kier alpha value is -1.97. The molecule has 2 aliphatic rings. The van der Waals surface area contributed by atoms with Gasteiger partial charge in [0.2, 0.25) is 0 Å². The fraction of sp³-hybridized carbons (Fsp3) is 0.524. The van der Waals surface area contributed by atoms with Gasteiger partial charge in [-0.05, 0) is 48.9 Å². The summed E-state index contributed by atoms with van der Waals surface area (Å²) in [6, 6.07) is 7.91. The molecule has 1 unspecified atom stereocenters. The van der Waals surface area contributed by atoms with E-state index in [1.807, 2.05) is 17.4 Å². The third kappa shape index (κ3) is 5.59. The van der Waals surface area contributed by atoms with Crippen LogP contribution in [-0.2, 0) is 16.4 Å². The fourth-order valence-electron chi connectivity index (χ4n) is 4.06. The van der Waals surface area contributed by atoms with Gasteiger partial charge in [-0.25, -0.2) is 13.4 Å². The van der Waals surface area contributed by atoms with Gasteiger partial charge in [0.15, 0.2) is 9.84 Å². The molecule has 2 aromatic heterocycles. The molecule has 0 aliphatic carbocycles. The van der Waals surface area contributed by atoms with Crippen LogP contribution < -0.4 is 5.32 Å². The standard InChI is InChI=1S/C21H28N4O3S2/c26-21(25-8-11-30(27,28)12-9-25)18-5-6-20(23-14-18)22-13-17-3-1-7-24(15-17)16-19-4-2-10-29-19/h2,4-6,10,14,17H,1,3,7-9,11-13,15-16H2,(H,22,23). The first-order valence-corrected chi connectivity index (χ1v) is 13.1. The minimum absolute atomic E-state index is 0.0384. The van der Waals surface area contributed by atoms with E-state index in [-0.39, 0.29) is 30.5 Å². The van der Waals surface area contributed by atoms with Crippen molar-refractivity contribution in [2.24, 2.45) is 5.92 Å². The summed E-state index contributed by atoms with van der Waals surface area (Å²) >= 11 is 1.81. The second kappa shape index (κ2) is 9.45. The lowest BCUT2D eigenvalue weighted by atomic mass is 9.98. The van der Waals surface area contributed by atoms with Crippen molar-refractivity contribution < 1.29 is 13.2 Å². The van der Waals surface area contributed by atoms with Gasteiger partial charge in [0.25, 0.3) is 5.91 Å². The van der Waals surface area contributed by atoms with Crippen LogP contribution in [0.4, 0.5) is 5.82 Å². The molecule has 2 aliphatic heterocycles. The van der Waals surface area contributed by atoms with Crippen molar-refractivity contribution >= 4 is 32.9 Å². The van der Waals surface area contributed by atoms with E-state index in [0.29, 0.717) is 11.5 Å². The average Bonchev–Trinajstić information content (AvgIpc) is 3.25. The summed E-state index contributed by atoms with van der Waals surface area (Å²) in [6.07, 6.45) is 4.00. The van der Waals surface area contributed by atoms with Gasteiger partial charge in [0.05, 0.1) is 17.1 Å². The van der Waals surface area contributed by atoms with E-state index in [1.54, 1.807) is 17.2 Å². The molecule has 1 N–H and O–H groups in total. The zero-order valence-electron chi connectivity index (χ0n) is 17.0. The maximum Gasteiger partial charge on any atom is 0.255 e. The summed E-state index contributed by atoms with van der Waals surface area (Å²) in [5.41, 5.74) is 0.500. The van der Waals surface area contributed by atoms with Crippen LogP contribution in [0.2, 0.25) is 0 Å². The summed E-state index contributed by atoms with van der Waals surface area (Å²) in [5, 5.41) is 5.54. The number of anilines is 1. The Balaban J connectivity index is 1.26. The SMILES string of the molecule is O=C(c1ccc(NCC2CCCN(Cc3cccs3)C2)nc1)N1CCS(=O)(=O)CC1. The van der Waals surface area contributed by atoms with Gasteiger partial charge in [0.1, 0.15) is 5.82 Å². The largest absolute Gasteiger partial charge is 0.370 e. The molecule has 0 saturated carbocycles. The van der Waals surface area contributed by atoms with E-state index in [0.717, 1.165) is 32.0 Å². The molecule has 1 atom stereocenters. The number of pyridine rings is 1. The molecule has 0 bridgehead atoms. The first-order valence-electron chi connectivity index (χ1n) is 10.4. The van der Waals surface area contributed by atoms with Crippen molar-refractivity contribution in [2.75, 3.05) is 49.5 Å². The van der Waals surface area contributed by atoms with Crippen molar-refractivity contribution in [1.82, 2.24) is 14.8 Å². The molecule has 0 aromatic carbocycles. The van der Waals surface area contributed by atoms with E-state index < -0.39 is 9.84 Å². The highest BCUT2D eigenvalue weighted by Crippen LogP contribution is 2.21. The van der Waals surface area contributed by atoms with Crippen LogP contribution >= 0.6 is 11.3 Å². The lowest BCUT2D eigenvalue weighted by Crippen LogP contribution is -2.43. The average molecular weight is 449 g/mol. The van der Waals surface area contributed by atoms with E-state index in [9.17, 15) is 13.2 Å². The second-order valence-corrected chi connectivity index (χ2v) is 11.4. The van der Waals surface area contributed by atoms with Gasteiger partial charge in [-0.2, -0.15) is 0 Å². The number of hydrogen-bond acceptors (Lipinski definition) is 7. The molecule has 1 amide bonds. The van der Waals surface area contributed by atoms with Crippen molar-refractivity contribution in [2.45, 2.75) is 19.4 Å². The van der Waals surface area contributed by atoms with Crippen molar-refractivity contribution in [1.29, 1.82) is 0 Å². The van der Waals surface area contributed by atoms with Crippen LogP contribution in [0.3, 0.4) is 0 Å². The number of aromatic nitrogens is 1. The third-order valence-corrected chi connectivity index (χ3v) is 8.25. The lowest BCUT2D eigenvalue weighted by Gasteiger charge is -2.32. The molecule has 2 saturated heterocycles. The third-order valence-electron chi connectivity index (χ3n) is 5.78. The van der Waals surface area contributed by atoms with Crippen molar-refractivity contribution in [3.63, 3.8) is 0 Å². The Kier molecular flexibility index (Phi) is 6.70. The van der Waals surface area contributed by atoms with Crippen LogP contribution in [0.1, 0.15) is 28.1 Å². The number of piperidine rings is 1. The normalized spacial score (nSPS) is 22.0.